The number of methoxy groups -OCH3 is 1. The molecular weight excluding hydrogens is 453 g/mol. The van der Waals surface area contributed by atoms with E-state index in [9.17, 15) is 0 Å². The Kier molecular flexibility index (Phi) is 11.7. The minimum atomic E-state index is 0. The Morgan fingerprint density at radius 2 is 2.00 bits per heavy atom. The number of ether oxygens (including phenoxy) is 2. The third-order valence-electron chi connectivity index (χ3n) is 5.34. The second-order valence-corrected chi connectivity index (χ2v) is 7.11. The Labute approximate surface area is 181 Å². The highest BCUT2D eigenvalue weighted by Crippen LogP contribution is 2.40. The van der Waals surface area contributed by atoms with Crippen molar-refractivity contribution in [3.63, 3.8) is 0 Å². The lowest BCUT2D eigenvalue weighted by Gasteiger charge is -2.30. The highest BCUT2D eigenvalue weighted by molar-refractivity contribution is 14.0. The van der Waals surface area contributed by atoms with Crippen LogP contribution < -0.4 is 15.4 Å². The number of nitrogens with one attached hydrogen (secondary N) is 2. The van der Waals surface area contributed by atoms with E-state index in [0.717, 1.165) is 50.9 Å². The van der Waals surface area contributed by atoms with Crippen molar-refractivity contribution in [2.45, 2.75) is 45.4 Å². The van der Waals surface area contributed by atoms with Gasteiger partial charge in [-0.25, -0.2) is 0 Å². The standard InChI is InChI=1S/C21H35N3O2.HI/c1-4-26-15-13-21(11-5-6-12-21)17-24-20(22-2)23-14-10-18-8-7-9-19(16-18)25-3;/h7-9,16H,4-6,10-15,17H2,1-3H3,(H2,22,23,24);1H. The smallest absolute Gasteiger partial charge is 0.191 e. The maximum Gasteiger partial charge on any atom is 0.191 e. The molecule has 0 radical (unpaired) electrons. The van der Waals surface area contributed by atoms with E-state index < -0.39 is 0 Å². The Bertz CT molecular complexity index is 560. The fourth-order valence-electron chi connectivity index (χ4n) is 3.72. The molecule has 0 aliphatic heterocycles. The summed E-state index contributed by atoms with van der Waals surface area (Å²) in [5.41, 5.74) is 1.62. The molecule has 154 valence electrons. The van der Waals surface area contributed by atoms with Crippen molar-refractivity contribution in [2.24, 2.45) is 10.4 Å². The van der Waals surface area contributed by atoms with Gasteiger partial charge in [-0.15, -0.1) is 24.0 Å². The molecule has 1 aliphatic carbocycles. The van der Waals surface area contributed by atoms with Crippen LogP contribution in [0.3, 0.4) is 0 Å². The van der Waals surface area contributed by atoms with Gasteiger partial charge in [-0.1, -0.05) is 25.0 Å². The van der Waals surface area contributed by atoms with Gasteiger partial charge in [0.25, 0.3) is 0 Å². The van der Waals surface area contributed by atoms with E-state index in [1.165, 1.54) is 31.2 Å². The molecule has 2 N–H and O–H groups in total. The van der Waals surface area contributed by atoms with Crippen LogP contribution in [0.4, 0.5) is 0 Å². The van der Waals surface area contributed by atoms with Crippen molar-refractivity contribution in [2.75, 3.05) is 40.5 Å². The average molecular weight is 489 g/mol. The Hall–Kier alpha value is -1.02. The van der Waals surface area contributed by atoms with Crippen molar-refractivity contribution in [1.29, 1.82) is 0 Å². The lowest BCUT2D eigenvalue weighted by molar-refractivity contribution is 0.105. The summed E-state index contributed by atoms with van der Waals surface area (Å²) in [5, 5.41) is 6.98. The van der Waals surface area contributed by atoms with Crippen LogP contribution in [0.15, 0.2) is 29.3 Å². The summed E-state index contributed by atoms with van der Waals surface area (Å²) in [4.78, 5) is 4.38. The molecule has 0 saturated heterocycles. The molecule has 0 atom stereocenters. The number of hydrogen-bond acceptors (Lipinski definition) is 3. The van der Waals surface area contributed by atoms with Crippen LogP contribution in [0.1, 0.15) is 44.6 Å². The van der Waals surface area contributed by atoms with E-state index in [2.05, 4.69) is 34.7 Å². The van der Waals surface area contributed by atoms with Crippen LogP contribution in [0.5, 0.6) is 5.75 Å². The molecule has 0 amide bonds. The predicted molar refractivity (Wildman–Crippen MR) is 123 cm³/mol. The SMILES string of the molecule is CCOCCC1(CNC(=NC)NCCc2cccc(OC)c2)CCCC1.I. The molecule has 1 aromatic carbocycles. The number of nitrogens with zero attached hydrogens (tertiary/aromatic N) is 1. The quantitative estimate of drug-likeness (QED) is 0.226. The zero-order chi connectivity index (χ0) is 18.7. The van der Waals surface area contributed by atoms with E-state index >= 15 is 0 Å². The Balaban J connectivity index is 0.00000364. The molecule has 0 unspecified atom stereocenters. The fraction of sp³-hybridized carbons (Fsp3) is 0.667. The van der Waals surface area contributed by atoms with E-state index in [-0.39, 0.29) is 24.0 Å². The van der Waals surface area contributed by atoms with Gasteiger partial charge in [0, 0.05) is 33.4 Å². The third-order valence-corrected chi connectivity index (χ3v) is 5.34. The number of halogens is 1. The van der Waals surface area contributed by atoms with Crippen LogP contribution in [0.25, 0.3) is 0 Å². The van der Waals surface area contributed by atoms with Crippen LogP contribution in [0.2, 0.25) is 0 Å². The first-order chi connectivity index (χ1) is 12.7. The van der Waals surface area contributed by atoms with Crippen molar-refractivity contribution < 1.29 is 9.47 Å². The third kappa shape index (κ3) is 8.25. The normalized spacial score (nSPS) is 15.9. The molecule has 2 rings (SSSR count). The molecule has 0 heterocycles. The van der Waals surface area contributed by atoms with Gasteiger partial charge < -0.3 is 20.1 Å². The molecule has 27 heavy (non-hydrogen) atoms. The summed E-state index contributed by atoms with van der Waals surface area (Å²) in [5.74, 6) is 1.79. The topological polar surface area (TPSA) is 54.9 Å². The largest absolute Gasteiger partial charge is 0.497 e. The van der Waals surface area contributed by atoms with Gasteiger partial charge in [0.1, 0.15) is 5.75 Å². The molecule has 1 aliphatic rings. The molecule has 0 aromatic heterocycles. The second kappa shape index (κ2) is 13.2. The Morgan fingerprint density at radius 1 is 1.22 bits per heavy atom. The maximum absolute atomic E-state index is 5.60. The van der Waals surface area contributed by atoms with Gasteiger partial charge in [-0.05, 0) is 55.7 Å². The number of guanidine groups is 1. The maximum atomic E-state index is 5.60. The summed E-state index contributed by atoms with van der Waals surface area (Å²) in [6.45, 7) is 5.54. The van der Waals surface area contributed by atoms with Gasteiger partial charge in [0.15, 0.2) is 5.96 Å². The molecule has 1 saturated carbocycles. The number of aliphatic imine (C=N–C) groups is 1. The van der Waals surface area contributed by atoms with Crippen molar-refractivity contribution in [1.82, 2.24) is 10.6 Å². The van der Waals surface area contributed by atoms with Crippen molar-refractivity contribution in [3.8, 4) is 5.75 Å². The molecular formula is C21H36IN3O2. The molecule has 0 bridgehead atoms. The lowest BCUT2D eigenvalue weighted by Crippen LogP contribution is -2.44. The first-order valence-corrected chi connectivity index (χ1v) is 9.86. The van der Waals surface area contributed by atoms with Gasteiger partial charge in [-0.2, -0.15) is 0 Å². The molecule has 0 spiro atoms. The highest BCUT2D eigenvalue weighted by Gasteiger charge is 2.33. The monoisotopic (exact) mass is 489 g/mol. The minimum Gasteiger partial charge on any atom is -0.497 e. The van der Waals surface area contributed by atoms with Gasteiger partial charge in [-0.3, -0.25) is 4.99 Å². The average Bonchev–Trinajstić information content (AvgIpc) is 3.14. The first kappa shape index (κ1) is 24.0. The summed E-state index contributed by atoms with van der Waals surface area (Å²) >= 11 is 0. The van der Waals surface area contributed by atoms with Crippen molar-refractivity contribution in [3.05, 3.63) is 29.8 Å². The minimum absolute atomic E-state index is 0. The summed E-state index contributed by atoms with van der Waals surface area (Å²) in [6.07, 6.45) is 7.30. The van der Waals surface area contributed by atoms with E-state index in [0.29, 0.717) is 5.41 Å². The van der Waals surface area contributed by atoms with Gasteiger partial charge in [0.2, 0.25) is 0 Å². The molecule has 6 heteroatoms. The van der Waals surface area contributed by atoms with Gasteiger partial charge >= 0.3 is 0 Å². The van der Waals surface area contributed by atoms with Crippen LogP contribution >= 0.6 is 24.0 Å². The highest BCUT2D eigenvalue weighted by atomic mass is 127. The number of hydrogen-bond donors (Lipinski definition) is 2. The zero-order valence-corrected chi connectivity index (χ0v) is 19.4. The number of benzene rings is 1. The van der Waals surface area contributed by atoms with E-state index in [4.69, 9.17) is 9.47 Å². The summed E-state index contributed by atoms with van der Waals surface area (Å²) in [6, 6.07) is 8.21. The zero-order valence-electron chi connectivity index (χ0n) is 17.1. The van der Waals surface area contributed by atoms with E-state index in [1.54, 1.807) is 7.11 Å². The first-order valence-electron chi connectivity index (χ1n) is 9.86. The lowest BCUT2D eigenvalue weighted by atomic mass is 9.83. The van der Waals surface area contributed by atoms with Crippen LogP contribution in [-0.2, 0) is 11.2 Å². The van der Waals surface area contributed by atoms with E-state index in [1.807, 2.05) is 19.2 Å². The van der Waals surface area contributed by atoms with Crippen LogP contribution in [-0.4, -0.2) is 46.4 Å². The second-order valence-electron chi connectivity index (χ2n) is 7.11. The Morgan fingerprint density at radius 3 is 2.67 bits per heavy atom. The van der Waals surface area contributed by atoms with Crippen LogP contribution in [0, 0.1) is 5.41 Å². The molecule has 1 fully saturated rings. The predicted octanol–water partition coefficient (Wildman–Crippen LogP) is 4.01. The van der Waals surface area contributed by atoms with Gasteiger partial charge in [0.05, 0.1) is 7.11 Å². The summed E-state index contributed by atoms with van der Waals surface area (Å²) < 4.78 is 10.9. The molecule has 1 aromatic rings. The number of rotatable bonds is 10. The summed E-state index contributed by atoms with van der Waals surface area (Å²) in [7, 11) is 3.54. The fourth-order valence-corrected chi connectivity index (χ4v) is 3.72. The molecule has 5 nitrogen and oxygen atoms in total. The van der Waals surface area contributed by atoms with Crippen molar-refractivity contribution >= 4 is 29.9 Å².